The van der Waals surface area contributed by atoms with Crippen LogP contribution in [0.15, 0.2) is 36.4 Å². The van der Waals surface area contributed by atoms with E-state index in [1.54, 1.807) is 19.2 Å². The highest BCUT2D eigenvalue weighted by Crippen LogP contribution is 2.26. The Morgan fingerprint density at radius 1 is 1.33 bits per heavy atom. The van der Waals surface area contributed by atoms with Crippen molar-refractivity contribution in [1.29, 1.82) is 0 Å². The van der Waals surface area contributed by atoms with Gasteiger partial charge in [-0.1, -0.05) is 23.7 Å². The van der Waals surface area contributed by atoms with Crippen LogP contribution >= 0.6 is 22.9 Å². The Hall–Kier alpha value is -1.56. The lowest BCUT2D eigenvalue weighted by molar-refractivity contribution is -0.120. The molecule has 0 bridgehead atoms. The molecule has 112 valence electrons. The monoisotopic (exact) mass is 325 g/mol. The highest BCUT2D eigenvalue weighted by atomic mass is 35.5. The average molecular weight is 326 g/mol. The van der Waals surface area contributed by atoms with E-state index < -0.39 is 6.10 Å². The van der Waals surface area contributed by atoms with Crippen LogP contribution < -0.4 is 10.1 Å². The predicted molar refractivity (Wildman–Crippen MR) is 84.0 cm³/mol. The van der Waals surface area contributed by atoms with Gasteiger partial charge in [-0.2, -0.15) is 0 Å². The summed E-state index contributed by atoms with van der Waals surface area (Å²) in [5.74, 6) is 0.617. The summed E-state index contributed by atoms with van der Waals surface area (Å²) in [5, 5.41) is 12.6. The fourth-order valence-corrected chi connectivity index (χ4v) is 2.86. The van der Waals surface area contributed by atoms with Crippen LogP contribution in [0.5, 0.6) is 5.75 Å². The van der Waals surface area contributed by atoms with Crippen molar-refractivity contribution >= 4 is 28.8 Å². The Morgan fingerprint density at radius 2 is 2.05 bits per heavy atom. The fraction of sp³-hybridized carbons (Fsp3) is 0.267. The molecule has 0 spiro atoms. The highest BCUT2D eigenvalue weighted by Gasteiger charge is 2.12. The number of methoxy groups -OCH3 is 1. The summed E-state index contributed by atoms with van der Waals surface area (Å²) >= 11 is 7.11. The minimum absolute atomic E-state index is 0.137. The molecular formula is C15H16ClNO3S. The zero-order chi connectivity index (χ0) is 15.2. The van der Waals surface area contributed by atoms with Crippen LogP contribution in [-0.4, -0.2) is 24.7 Å². The molecule has 0 aliphatic heterocycles. The van der Waals surface area contributed by atoms with Gasteiger partial charge in [-0.05, 0) is 29.8 Å². The van der Waals surface area contributed by atoms with E-state index in [2.05, 4.69) is 5.32 Å². The zero-order valence-corrected chi connectivity index (χ0v) is 13.1. The lowest BCUT2D eigenvalue weighted by Gasteiger charge is -2.10. The number of thiophene rings is 1. The predicted octanol–water partition coefficient (Wildman–Crippen LogP) is 2.80. The van der Waals surface area contributed by atoms with Crippen molar-refractivity contribution in [2.24, 2.45) is 0 Å². The van der Waals surface area contributed by atoms with E-state index in [9.17, 15) is 9.90 Å². The second-order valence-electron chi connectivity index (χ2n) is 4.49. The number of amides is 1. The number of rotatable bonds is 6. The van der Waals surface area contributed by atoms with Crippen LogP contribution in [0.25, 0.3) is 0 Å². The number of benzene rings is 1. The number of ether oxygens (including phenoxy) is 1. The molecule has 1 aromatic heterocycles. The first-order valence-electron chi connectivity index (χ1n) is 6.41. The van der Waals surface area contributed by atoms with E-state index in [1.165, 1.54) is 11.3 Å². The lowest BCUT2D eigenvalue weighted by Crippen LogP contribution is -2.29. The molecule has 1 aromatic carbocycles. The summed E-state index contributed by atoms with van der Waals surface area (Å²) in [6.07, 6.45) is -0.468. The minimum Gasteiger partial charge on any atom is -0.497 e. The van der Waals surface area contributed by atoms with Gasteiger partial charge in [0.25, 0.3) is 0 Å². The maximum atomic E-state index is 11.8. The Morgan fingerprint density at radius 3 is 2.62 bits per heavy atom. The first-order valence-corrected chi connectivity index (χ1v) is 7.61. The second kappa shape index (κ2) is 7.45. The van der Waals surface area contributed by atoms with Crippen molar-refractivity contribution in [3.05, 3.63) is 51.2 Å². The lowest BCUT2D eigenvalue weighted by atomic mass is 10.1. The molecule has 0 saturated heterocycles. The molecule has 0 unspecified atom stereocenters. The molecule has 4 nitrogen and oxygen atoms in total. The number of aliphatic hydroxyl groups excluding tert-OH is 1. The molecule has 2 rings (SSSR count). The molecule has 0 radical (unpaired) electrons. The Bertz CT molecular complexity index is 597. The molecule has 2 aromatic rings. The minimum atomic E-state index is -0.734. The number of carbonyl (C=O) groups excluding carboxylic acids is 1. The van der Waals surface area contributed by atoms with Gasteiger partial charge in [-0.25, -0.2) is 0 Å². The van der Waals surface area contributed by atoms with E-state index in [0.29, 0.717) is 4.34 Å². The van der Waals surface area contributed by atoms with Gasteiger partial charge in [0, 0.05) is 11.4 Å². The van der Waals surface area contributed by atoms with Gasteiger partial charge >= 0.3 is 0 Å². The number of hydrogen-bond donors (Lipinski definition) is 2. The number of aliphatic hydroxyl groups is 1. The van der Waals surface area contributed by atoms with Crippen LogP contribution in [0.3, 0.4) is 0 Å². The maximum Gasteiger partial charge on any atom is 0.224 e. The van der Waals surface area contributed by atoms with E-state index in [-0.39, 0.29) is 18.9 Å². The summed E-state index contributed by atoms with van der Waals surface area (Å²) < 4.78 is 5.68. The number of nitrogens with one attached hydrogen (secondary N) is 1. The molecule has 21 heavy (non-hydrogen) atoms. The summed E-state index contributed by atoms with van der Waals surface area (Å²) in [6, 6.07) is 10.8. The first kappa shape index (κ1) is 15.8. The molecule has 0 fully saturated rings. The molecule has 0 aliphatic carbocycles. The van der Waals surface area contributed by atoms with Gasteiger partial charge in [0.05, 0.1) is 17.9 Å². The molecule has 1 atom stereocenters. The van der Waals surface area contributed by atoms with Gasteiger partial charge in [-0.15, -0.1) is 11.3 Å². The second-order valence-corrected chi connectivity index (χ2v) is 6.23. The van der Waals surface area contributed by atoms with Crippen molar-refractivity contribution < 1.29 is 14.6 Å². The molecule has 1 heterocycles. The Kier molecular flexibility index (Phi) is 5.61. The van der Waals surface area contributed by atoms with Gasteiger partial charge in [0.2, 0.25) is 5.91 Å². The first-order chi connectivity index (χ1) is 10.1. The third-order valence-electron chi connectivity index (χ3n) is 2.94. The van der Waals surface area contributed by atoms with Crippen molar-refractivity contribution in [3.8, 4) is 5.75 Å². The third-order valence-corrected chi connectivity index (χ3v) is 4.27. The van der Waals surface area contributed by atoms with Crippen molar-refractivity contribution in [2.45, 2.75) is 12.5 Å². The highest BCUT2D eigenvalue weighted by molar-refractivity contribution is 7.16. The standard InChI is InChI=1S/C15H16ClNO3S/c1-20-11-4-2-10(3-5-11)8-15(19)17-9-12(18)13-6-7-14(16)21-13/h2-7,12,18H,8-9H2,1H3,(H,17,19)/t12-/m0/s1. The number of carbonyl (C=O) groups is 1. The van der Waals surface area contributed by atoms with Gasteiger partial charge in [0.1, 0.15) is 11.9 Å². The molecule has 0 saturated carbocycles. The van der Waals surface area contributed by atoms with Gasteiger partial charge < -0.3 is 15.2 Å². The Balaban J connectivity index is 1.81. The normalized spacial score (nSPS) is 12.0. The van der Waals surface area contributed by atoms with E-state index in [0.717, 1.165) is 16.2 Å². The van der Waals surface area contributed by atoms with Crippen molar-refractivity contribution in [2.75, 3.05) is 13.7 Å². The maximum absolute atomic E-state index is 11.8. The van der Waals surface area contributed by atoms with Crippen molar-refractivity contribution in [3.63, 3.8) is 0 Å². The topological polar surface area (TPSA) is 58.6 Å². The average Bonchev–Trinajstić information content (AvgIpc) is 2.92. The third kappa shape index (κ3) is 4.74. The Labute approximate surface area is 132 Å². The zero-order valence-electron chi connectivity index (χ0n) is 11.5. The van der Waals surface area contributed by atoms with Crippen LogP contribution in [0.2, 0.25) is 4.34 Å². The number of halogens is 1. The molecule has 0 aliphatic rings. The number of hydrogen-bond acceptors (Lipinski definition) is 4. The summed E-state index contributed by atoms with van der Waals surface area (Å²) in [6.45, 7) is 0.172. The molecular weight excluding hydrogens is 310 g/mol. The summed E-state index contributed by atoms with van der Waals surface area (Å²) in [5.41, 5.74) is 0.891. The van der Waals surface area contributed by atoms with Crippen molar-refractivity contribution in [1.82, 2.24) is 5.32 Å². The smallest absolute Gasteiger partial charge is 0.224 e. The van der Waals surface area contributed by atoms with E-state index in [1.807, 2.05) is 24.3 Å². The summed E-state index contributed by atoms with van der Waals surface area (Å²) in [4.78, 5) is 12.6. The van der Waals surface area contributed by atoms with Gasteiger partial charge in [-0.3, -0.25) is 4.79 Å². The van der Waals surface area contributed by atoms with E-state index in [4.69, 9.17) is 16.3 Å². The van der Waals surface area contributed by atoms with Crippen LogP contribution in [0.1, 0.15) is 16.5 Å². The molecule has 2 N–H and O–H groups in total. The molecule has 6 heteroatoms. The van der Waals surface area contributed by atoms with Crippen LogP contribution in [0.4, 0.5) is 0 Å². The van der Waals surface area contributed by atoms with Gasteiger partial charge in [0.15, 0.2) is 0 Å². The summed E-state index contributed by atoms with van der Waals surface area (Å²) in [7, 11) is 1.60. The fourth-order valence-electron chi connectivity index (χ4n) is 1.81. The quantitative estimate of drug-likeness (QED) is 0.858. The van der Waals surface area contributed by atoms with Crippen LogP contribution in [0, 0.1) is 0 Å². The largest absolute Gasteiger partial charge is 0.497 e. The SMILES string of the molecule is COc1ccc(CC(=O)NC[C@H](O)c2ccc(Cl)s2)cc1. The van der Waals surface area contributed by atoms with Crippen LogP contribution in [-0.2, 0) is 11.2 Å². The van der Waals surface area contributed by atoms with E-state index >= 15 is 0 Å². The molecule has 1 amide bonds.